The SMILES string of the molecule is CC(Sc1ccccc1)C(=O)NCCN(C(C)C)C(C)C. The fourth-order valence-corrected chi connectivity index (χ4v) is 3.23. The van der Waals surface area contributed by atoms with Gasteiger partial charge in [-0.3, -0.25) is 9.69 Å². The summed E-state index contributed by atoms with van der Waals surface area (Å²) < 4.78 is 0. The summed E-state index contributed by atoms with van der Waals surface area (Å²) >= 11 is 1.60. The van der Waals surface area contributed by atoms with E-state index in [4.69, 9.17) is 0 Å². The molecule has 0 saturated carbocycles. The lowest BCUT2D eigenvalue weighted by molar-refractivity contribution is -0.120. The van der Waals surface area contributed by atoms with E-state index in [9.17, 15) is 4.79 Å². The molecule has 0 spiro atoms. The van der Waals surface area contributed by atoms with Crippen molar-refractivity contribution in [3.8, 4) is 0 Å². The van der Waals surface area contributed by atoms with Gasteiger partial charge in [0.25, 0.3) is 0 Å². The van der Waals surface area contributed by atoms with Crippen molar-refractivity contribution in [2.24, 2.45) is 0 Å². The van der Waals surface area contributed by atoms with Gasteiger partial charge in [0.15, 0.2) is 0 Å². The zero-order valence-electron chi connectivity index (χ0n) is 13.8. The van der Waals surface area contributed by atoms with Crippen LogP contribution in [0.4, 0.5) is 0 Å². The minimum absolute atomic E-state index is 0.0704. The van der Waals surface area contributed by atoms with E-state index in [-0.39, 0.29) is 11.2 Å². The monoisotopic (exact) mass is 308 g/mol. The lowest BCUT2D eigenvalue weighted by Crippen LogP contribution is -2.43. The normalized spacial score (nSPS) is 13.0. The van der Waals surface area contributed by atoms with Crippen molar-refractivity contribution in [2.45, 2.75) is 56.8 Å². The van der Waals surface area contributed by atoms with Crippen molar-refractivity contribution in [1.29, 1.82) is 0 Å². The third-order valence-electron chi connectivity index (χ3n) is 3.42. The molecular weight excluding hydrogens is 280 g/mol. The third kappa shape index (κ3) is 6.53. The highest BCUT2D eigenvalue weighted by atomic mass is 32.2. The number of carbonyl (C=O) groups is 1. The number of hydrogen-bond donors (Lipinski definition) is 1. The predicted molar refractivity (Wildman–Crippen MR) is 91.7 cm³/mol. The van der Waals surface area contributed by atoms with Gasteiger partial charge in [-0.25, -0.2) is 0 Å². The molecule has 1 aromatic rings. The molecule has 1 unspecified atom stereocenters. The van der Waals surface area contributed by atoms with E-state index >= 15 is 0 Å². The van der Waals surface area contributed by atoms with Crippen LogP contribution >= 0.6 is 11.8 Å². The van der Waals surface area contributed by atoms with E-state index in [1.165, 1.54) is 0 Å². The summed E-state index contributed by atoms with van der Waals surface area (Å²) in [5.41, 5.74) is 0. The first-order valence-corrected chi connectivity index (χ1v) is 8.55. The molecule has 1 rings (SSSR count). The van der Waals surface area contributed by atoms with E-state index in [0.717, 1.165) is 11.4 Å². The standard InChI is InChI=1S/C17H28N2OS/c1-13(2)19(14(3)4)12-11-18-17(20)15(5)21-16-9-7-6-8-10-16/h6-10,13-15H,11-12H2,1-5H3,(H,18,20). The van der Waals surface area contributed by atoms with E-state index in [2.05, 4.69) is 37.9 Å². The molecule has 0 aliphatic rings. The van der Waals surface area contributed by atoms with Crippen LogP contribution in [-0.2, 0) is 4.79 Å². The van der Waals surface area contributed by atoms with Crippen LogP contribution in [0.3, 0.4) is 0 Å². The Kier molecular flexibility index (Phi) is 7.83. The Morgan fingerprint density at radius 1 is 1.10 bits per heavy atom. The quantitative estimate of drug-likeness (QED) is 0.747. The summed E-state index contributed by atoms with van der Waals surface area (Å²) in [6.07, 6.45) is 0. The second-order valence-corrected chi connectivity index (χ2v) is 7.20. The second kappa shape index (κ2) is 9.11. The molecule has 1 N–H and O–H groups in total. The highest BCUT2D eigenvalue weighted by Gasteiger charge is 2.16. The highest BCUT2D eigenvalue weighted by molar-refractivity contribution is 8.00. The molecule has 4 heteroatoms. The number of nitrogens with one attached hydrogen (secondary N) is 1. The van der Waals surface area contributed by atoms with Gasteiger partial charge in [0.2, 0.25) is 5.91 Å². The van der Waals surface area contributed by atoms with E-state index in [1.807, 2.05) is 37.3 Å². The Bertz CT molecular complexity index is 412. The molecule has 0 bridgehead atoms. The molecule has 0 aromatic heterocycles. The minimum Gasteiger partial charge on any atom is -0.354 e. The first-order valence-electron chi connectivity index (χ1n) is 7.67. The van der Waals surface area contributed by atoms with Gasteiger partial charge in [-0.15, -0.1) is 11.8 Å². The Balaban J connectivity index is 2.36. The Morgan fingerprint density at radius 2 is 1.67 bits per heavy atom. The highest BCUT2D eigenvalue weighted by Crippen LogP contribution is 2.22. The van der Waals surface area contributed by atoms with Crippen LogP contribution in [0.15, 0.2) is 35.2 Å². The van der Waals surface area contributed by atoms with Gasteiger partial charge in [-0.05, 0) is 46.8 Å². The van der Waals surface area contributed by atoms with E-state index < -0.39 is 0 Å². The Morgan fingerprint density at radius 3 is 2.19 bits per heavy atom. The third-order valence-corrected chi connectivity index (χ3v) is 4.53. The fourth-order valence-electron chi connectivity index (χ4n) is 2.32. The van der Waals surface area contributed by atoms with Crippen LogP contribution in [0.1, 0.15) is 34.6 Å². The first-order chi connectivity index (χ1) is 9.91. The zero-order chi connectivity index (χ0) is 15.8. The summed E-state index contributed by atoms with van der Waals surface area (Å²) in [4.78, 5) is 15.6. The molecule has 0 aliphatic heterocycles. The lowest BCUT2D eigenvalue weighted by Gasteiger charge is -2.30. The largest absolute Gasteiger partial charge is 0.354 e. The number of nitrogens with zero attached hydrogens (tertiary/aromatic N) is 1. The summed E-state index contributed by atoms with van der Waals surface area (Å²) in [5, 5.41) is 2.97. The molecule has 0 heterocycles. The number of carbonyl (C=O) groups excluding carboxylic acids is 1. The lowest BCUT2D eigenvalue weighted by atomic mass is 10.2. The molecule has 1 aromatic carbocycles. The summed E-state index contributed by atoms with van der Waals surface area (Å²) in [6, 6.07) is 11.0. The van der Waals surface area contributed by atoms with Gasteiger partial charge in [-0.2, -0.15) is 0 Å². The molecule has 21 heavy (non-hydrogen) atoms. The molecule has 3 nitrogen and oxygen atoms in total. The van der Waals surface area contributed by atoms with E-state index in [0.29, 0.717) is 18.6 Å². The number of amides is 1. The topological polar surface area (TPSA) is 32.3 Å². The van der Waals surface area contributed by atoms with Crippen LogP contribution in [0.25, 0.3) is 0 Å². The van der Waals surface area contributed by atoms with Crippen molar-refractivity contribution in [3.05, 3.63) is 30.3 Å². The molecule has 0 fully saturated rings. The van der Waals surface area contributed by atoms with Gasteiger partial charge < -0.3 is 5.32 Å². The first kappa shape index (κ1) is 18.1. The van der Waals surface area contributed by atoms with Gasteiger partial charge in [0.05, 0.1) is 5.25 Å². The maximum absolute atomic E-state index is 12.1. The maximum Gasteiger partial charge on any atom is 0.233 e. The molecule has 118 valence electrons. The van der Waals surface area contributed by atoms with Crippen LogP contribution in [0, 0.1) is 0 Å². The van der Waals surface area contributed by atoms with Gasteiger partial charge in [0, 0.05) is 30.1 Å². The second-order valence-electron chi connectivity index (χ2n) is 5.79. The van der Waals surface area contributed by atoms with Crippen molar-refractivity contribution in [2.75, 3.05) is 13.1 Å². The number of rotatable bonds is 8. The van der Waals surface area contributed by atoms with Crippen LogP contribution in [0.2, 0.25) is 0 Å². The van der Waals surface area contributed by atoms with Crippen molar-refractivity contribution in [3.63, 3.8) is 0 Å². The number of hydrogen-bond acceptors (Lipinski definition) is 3. The van der Waals surface area contributed by atoms with Crippen LogP contribution in [0.5, 0.6) is 0 Å². The maximum atomic E-state index is 12.1. The van der Waals surface area contributed by atoms with Crippen LogP contribution in [-0.4, -0.2) is 41.2 Å². The van der Waals surface area contributed by atoms with Crippen molar-refractivity contribution in [1.82, 2.24) is 10.2 Å². The van der Waals surface area contributed by atoms with Gasteiger partial charge in [0.1, 0.15) is 0 Å². The molecule has 0 saturated heterocycles. The number of benzene rings is 1. The molecule has 0 radical (unpaired) electrons. The van der Waals surface area contributed by atoms with Gasteiger partial charge >= 0.3 is 0 Å². The van der Waals surface area contributed by atoms with Gasteiger partial charge in [-0.1, -0.05) is 18.2 Å². The molecule has 1 amide bonds. The summed E-state index contributed by atoms with van der Waals surface area (Å²) in [7, 11) is 0. The smallest absolute Gasteiger partial charge is 0.233 e. The molecular formula is C17H28N2OS. The molecule has 0 aliphatic carbocycles. The average molecular weight is 308 g/mol. The predicted octanol–water partition coefficient (Wildman–Crippen LogP) is 3.40. The Labute approximate surface area is 133 Å². The molecule has 1 atom stereocenters. The Hall–Kier alpha value is -1.00. The summed E-state index contributed by atoms with van der Waals surface area (Å²) in [5.74, 6) is 0.108. The van der Waals surface area contributed by atoms with Crippen molar-refractivity contribution < 1.29 is 4.79 Å². The van der Waals surface area contributed by atoms with E-state index in [1.54, 1.807) is 11.8 Å². The average Bonchev–Trinajstić information content (AvgIpc) is 2.43. The van der Waals surface area contributed by atoms with Crippen LogP contribution < -0.4 is 5.32 Å². The minimum atomic E-state index is -0.0704. The van der Waals surface area contributed by atoms with Crippen molar-refractivity contribution >= 4 is 17.7 Å². The number of thioether (sulfide) groups is 1. The fraction of sp³-hybridized carbons (Fsp3) is 0.588. The summed E-state index contributed by atoms with van der Waals surface area (Å²) in [6.45, 7) is 12.3. The zero-order valence-corrected chi connectivity index (χ0v) is 14.6.